The van der Waals surface area contributed by atoms with E-state index in [-0.39, 0.29) is 5.95 Å². The maximum absolute atomic E-state index is 5.96. The van der Waals surface area contributed by atoms with E-state index in [9.17, 15) is 0 Å². The summed E-state index contributed by atoms with van der Waals surface area (Å²) in [5, 5.41) is 0. The van der Waals surface area contributed by atoms with E-state index in [1.165, 1.54) is 0 Å². The van der Waals surface area contributed by atoms with Crippen LogP contribution in [-0.2, 0) is 13.0 Å². The summed E-state index contributed by atoms with van der Waals surface area (Å²) in [7, 11) is 3.18. The van der Waals surface area contributed by atoms with E-state index in [0.29, 0.717) is 36.1 Å². The Labute approximate surface area is 185 Å². The number of rotatable bonds is 7. The van der Waals surface area contributed by atoms with E-state index >= 15 is 0 Å². The number of benzene rings is 2. The number of anilines is 2. The second-order valence-corrected chi connectivity index (χ2v) is 5.92. The molecule has 0 aliphatic carbocycles. The summed E-state index contributed by atoms with van der Waals surface area (Å²) in [6, 6.07) is 13.7. The number of ether oxygens (including phenoxy) is 3. The Bertz CT molecular complexity index is 893. The molecule has 4 N–H and O–H groups in total. The van der Waals surface area contributed by atoms with E-state index in [1.807, 2.05) is 70.2 Å². The van der Waals surface area contributed by atoms with E-state index in [0.717, 1.165) is 16.7 Å². The Hall–Kier alpha value is -3.48. The maximum atomic E-state index is 5.96. The van der Waals surface area contributed by atoms with Crippen LogP contribution in [0.15, 0.2) is 48.7 Å². The molecule has 0 aliphatic rings. The van der Waals surface area contributed by atoms with Gasteiger partial charge >= 0.3 is 0 Å². The van der Waals surface area contributed by atoms with Gasteiger partial charge in [0.1, 0.15) is 12.4 Å². The van der Waals surface area contributed by atoms with Gasteiger partial charge in [0.25, 0.3) is 0 Å². The average molecular weight is 427 g/mol. The van der Waals surface area contributed by atoms with Gasteiger partial charge in [-0.3, -0.25) is 0 Å². The highest BCUT2D eigenvalue weighted by molar-refractivity contribution is 5.55. The van der Waals surface area contributed by atoms with Gasteiger partial charge in [0, 0.05) is 18.2 Å². The first-order valence-electron chi connectivity index (χ1n) is 10.4. The van der Waals surface area contributed by atoms with Crippen molar-refractivity contribution in [1.82, 2.24) is 9.97 Å². The zero-order chi connectivity index (χ0) is 23.2. The molecule has 0 amide bonds. The van der Waals surface area contributed by atoms with Crippen molar-refractivity contribution in [1.29, 1.82) is 0 Å². The van der Waals surface area contributed by atoms with Crippen LogP contribution in [0, 0.1) is 0 Å². The van der Waals surface area contributed by atoms with Crippen LogP contribution in [0.3, 0.4) is 0 Å². The fourth-order valence-corrected chi connectivity index (χ4v) is 2.70. The zero-order valence-corrected chi connectivity index (χ0v) is 19.3. The molecule has 168 valence electrons. The number of nitrogen functional groups attached to an aromatic ring is 2. The molecule has 1 aromatic heterocycles. The summed E-state index contributed by atoms with van der Waals surface area (Å²) in [6.07, 6.45) is 2.13. The predicted molar refractivity (Wildman–Crippen MR) is 127 cm³/mol. The summed E-state index contributed by atoms with van der Waals surface area (Å²) < 4.78 is 17.0. The van der Waals surface area contributed by atoms with Crippen LogP contribution in [0.1, 0.15) is 44.4 Å². The van der Waals surface area contributed by atoms with E-state index in [1.54, 1.807) is 20.4 Å². The molecule has 3 rings (SSSR count). The Morgan fingerprint density at radius 2 is 1.42 bits per heavy atom. The maximum Gasteiger partial charge on any atom is 0.221 e. The average Bonchev–Trinajstić information content (AvgIpc) is 2.82. The molecule has 3 aromatic rings. The molecule has 7 heteroatoms. The molecule has 0 atom stereocenters. The molecule has 2 aromatic carbocycles. The van der Waals surface area contributed by atoms with E-state index in [4.69, 9.17) is 25.7 Å². The summed E-state index contributed by atoms with van der Waals surface area (Å²) in [5.74, 6) is 2.21. The third kappa shape index (κ3) is 7.37. The number of nitrogens with zero attached hydrogens (tertiary/aromatic N) is 2. The lowest BCUT2D eigenvalue weighted by atomic mass is 10.1. The molecule has 0 saturated carbocycles. The summed E-state index contributed by atoms with van der Waals surface area (Å²) in [4.78, 5) is 7.99. The Morgan fingerprint density at radius 1 is 0.839 bits per heavy atom. The number of nitrogens with two attached hydrogens (primary N) is 2. The van der Waals surface area contributed by atoms with Crippen molar-refractivity contribution in [2.24, 2.45) is 0 Å². The Morgan fingerprint density at radius 3 is 1.94 bits per heavy atom. The highest BCUT2D eigenvalue weighted by atomic mass is 16.5. The summed E-state index contributed by atoms with van der Waals surface area (Å²) >= 11 is 0. The van der Waals surface area contributed by atoms with Crippen molar-refractivity contribution in [2.45, 2.75) is 40.7 Å². The van der Waals surface area contributed by atoms with Crippen LogP contribution < -0.4 is 25.7 Å². The first-order valence-corrected chi connectivity index (χ1v) is 10.4. The van der Waals surface area contributed by atoms with Crippen molar-refractivity contribution >= 4 is 11.8 Å². The van der Waals surface area contributed by atoms with Gasteiger partial charge in [-0.25, -0.2) is 4.98 Å². The fourth-order valence-electron chi connectivity index (χ4n) is 2.70. The van der Waals surface area contributed by atoms with Gasteiger partial charge in [-0.2, -0.15) is 4.98 Å². The normalized spacial score (nSPS) is 9.48. The number of methoxy groups -OCH3 is 2. The highest BCUT2D eigenvalue weighted by Gasteiger charge is 2.16. The number of aromatic nitrogens is 2. The number of hydrogen-bond donors (Lipinski definition) is 2. The van der Waals surface area contributed by atoms with Crippen molar-refractivity contribution in [3.05, 3.63) is 65.4 Å². The van der Waals surface area contributed by atoms with Crippen LogP contribution in [-0.4, -0.2) is 24.2 Å². The molecule has 0 unspecified atom stereocenters. The minimum Gasteiger partial charge on any atom is -0.493 e. The molecule has 0 fully saturated rings. The van der Waals surface area contributed by atoms with Crippen LogP contribution >= 0.6 is 0 Å². The first kappa shape index (κ1) is 25.6. The van der Waals surface area contributed by atoms with Crippen LogP contribution in [0.25, 0.3) is 0 Å². The van der Waals surface area contributed by atoms with Crippen molar-refractivity contribution in [3.63, 3.8) is 0 Å². The molecular formula is C24H34N4O3. The lowest BCUT2D eigenvalue weighted by Crippen LogP contribution is -2.05. The van der Waals surface area contributed by atoms with Gasteiger partial charge in [-0.15, -0.1) is 0 Å². The van der Waals surface area contributed by atoms with Crippen molar-refractivity contribution in [3.8, 4) is 17.2 Å². The zero-order valence-electron chi connectivity index (χ0n) is 19.3. The lowest BCUT2D eigenvalue weighted by molar-refractivity contribution is 0.265. The lowest BCUT2D eigenvalue weighted by Gasteiger charge is -2.16. The molecule has 0 radical (unpaired) electrons. The monoisotopic (exact) mass is 426 g/mol. The predicted octanol–water partition coefficient (Wildman–Crippen LogP) is 4.88. The molecule has 0 spiro atoms. The van der Waals surface area contributed by atoms with Crippen LogP contribution in [0.5, 0.6) is 17.2 Å². The Balaban J connectivity index is 0.00000113. The topological polar surface area (TPSA) is 106 Å². The standard InChI is InChI=1S/C20H22N4O3.2C2H6/c1-25-16-9-14(8-15-11-23-20(22)24-19(15)21)10-17(26-2)18(16)27-12-13-6-4-3-5-7-13;2*1-2/h3-7,9-11H,8,12H2,1-2H3,(H4,21,22,23,24);2*1-2H3. The van der Waals surface area contributed by atoms with Gasteiger partial charge in [0.2, 0.25) is 11.7 Å². The smallest absolute Gasteiger partial charge is 0.221 e. The molecule has 31 heavy (non-hydrogen) atoms. The summed E-state index contributed by atoms with van der Waals surface area (Å²) in [5.41, 5.74) is 14.2. The van der Waals surface area contributed by atoms with Crippen molar-refractivity contribution in [2.75, 3.05) is 25.7 Å². The second-order valence-electron chi connectivity index (χ2n) is 5.92. The summed E-state index contributed by atoms with van der Waals surface area (Å²) in [6.45, 7) is 8.41. The molecular weight excluding hydrogens is 392 g/mol. The van der Waals surface area contributed by atoms with Crippen LogP contribution in [0.4, 0.5) is 11.8 Å². The van der Waals surface area contributed by atoms with Gasteiger partial charge in [-0.05, 0) is 23.3 Å². The first-order chi connectivity index (χ1) is 15.1. The van der Waals surface area contributed by atoms with Gasteiger partial charge in [0.05, 0.1) is 14.2 Å². The molecule has 1 heterocycles. The Kier molecular flexibility index (Phi) is 11.3. The molecule has 0 bridgehead atoms. The highest BCUT2D eigenvalue weighted by Crippen LogP contribution is 2.39. The third-order valence-corrected chi connectivity index (χ3v) is 4.06. The molecule has 0 aliphatic heterocycles. The van der Waals surface area contributed by atoms with Crippen LogP contribution in [0.2, 0.25) is 0 Å². The van der Waals surface area contributed by atoms with Gasteiger partial charge in [0.15, 0.2) is 11.5 Å². The molecule has 7 nitrogen and oxygen atoms in total. The van der Waals surface area contributed by atoms with E-state index in [2.05, 4.69) is 9.97 Å². The van der Waals surface area contributed by atoms with Gasteiger partial charge in [-0.1, -0.05) is 58.0 Å². The van der Waals surface area contributed by atoms with Crippen molar-refractivity contribution < 1.29 is 14.2 Å². The fraction of sp³-hybridized carbons (Fsp3) is 0.333. The third-order valence-electron chi connectivity index (χ3n) is 4.06. The number of hydrogen-bond acceptors (Lipinski definition) is 7. The van der Waals surface area contributed by atoms with Gasteiger partial charge < -0.3 is 25.7 Å². The van der Waals surface area contributed by atoms with E-state index < -0.39 is 0 Å². The SMILES string of the molecule is CC.CC.COc1cc(Cc2cnc(N)nc2N)cc(OC)c1OCc1ccccc1. The molecule has 0 saturated heterocycles. The minimum atomic E-state index is 0.149. The second kappa shape index (κ2) is 13.7. The minimum absolute atomic E-state index is 0.149. The quantitative estimate of drug-likeness (QED) is 0.554. The largest absolute Gasteiger partial charge is 0.493 e.